The molecule has 0 spiro atoms. The van der Waals surface area contributed by atoms with Crippen LogP contribution in [0.15, 0.2) is 41.3 Å². The quantitative estimate of drug-likeness (QED) is 0.437. The maximum Gasteiger partial charge on any atom is 0.272 e. The van der Waals surface area contributed by atoms with Gasteiger partial charge < -0.3 is 4.74 Å². The Labute approximate surface area is 139 Å². The molecule has 0 aliphatic carbocycles. The van der Waals surface area contributed by atoms with Crippen molar-refractivity contribution in [2.24, 2.45) is 0 Å². The van der Waals surface area contributed by atoms with E-state index in [0.717, 1.165) is 12.1 Å². The summed E-state index contributed by atoms with van der Waals surface area (Å²) in [5, 5.41) is 10.6. The molecule has 2 rings (SSSR count). The van der Waals surface area contributed by atoms with Crippen molar-refractivity contribution in [3.05, 3.63) is 56.6 Å². The lowest BCUT2D eigenvalue weighted by molar-refractivity contribution is -0.384. The first-order chi connectivity index (χ1) is 10.2. The van der Waals surface area contributed by atoms with E-state index in [0.29, 0.717) is 0 Å². The molecule has 0 heterocycles. The lowest BCUT2D eigenvalue weighted by Gasteiger charge is -2.09. The predicted octanol–water partition coefficient (Wildman–Crippen LogP) is 4.62. The summed E-state index contributed by atoms with van der Waals surface area (Å²) in [6.07, 6.45) is 0. The number of benzene rings is 2. The number of nitro groups is 1. The summed E-state index contributed by atoms with van der Waals surface area (Å²) in [7, 11) is 1.36. The van der Waals surface area contributed by atoms with Crippen molar-refractivity contribution in [3.63, 3.8) is 0 Å². The van der Waals surface area contributed by atoms with Gasteiger partial charge in [-0.2, -0.15) is 0 Å². The van der Waals surface area contributed by atoms with Gasteiger partial charge in [0.05, 0.1) is 19.9 Å². The zero-order chi connectivity index (χ0) is 16.5. The Hall–Kier alpha value is -1.54. The highest BCUT2D eigenvalue weighted by molar-refractivity contribution is 8.13. The molecule has 0 saturated carbocycles. The Morgan fingerprint density at radius 3 is 1.95 bits per heavy atom. The molecule has 2 aromatic carbocycles. The molecule has 22 heavy (non-hydrogen) atoms. The largest absolute Gasteiger partial charge is 0.454 e. The maximum atomic E-state index is 11.1. The highest BCUT2D eigenvalue weighted by Gasteiger charge is 2.17. The van der Waals surface area contributed by atoms with Crippen LogP contribution in [0, 0.1) is 10.1 Å². The van der Waals surface area contributed by atoms with Crippen molar-refractivity contribution in [1.82, 2.24) is 0 Å². The fourth-order valence-electron chi connectivity index (χ4n) is 1.54. The van der Waals surface area contributed by atoms with Crippen LogP contribution in [-0.4, -0.2) is 13.3 Å². The summed E-state index contributed by atoms with van der Waals surface area (Å²) in [5.74, 6) is 0.261. The molecule has 0 fully saturated rings. The second-order valence-electron chi connectivity index (χ2n) is 4.01. The van der Waals surface area contributed by atoms with Crippen LogP contribution < -0.4 is 4.74 Å². The molecule has 0 aliphatic heterocycles. The number of non-ortho nitro benzene ring substituents is 1. The van der Waals surface area contributed by atoms with Crippen LogP contribution in [0.4, 0.5) is 5.69 Å². The van der Waals surface area contributed by atoms with Crippen LogP contribution in [0.2, 0.25) is 10.0 Å². The zero-order valence-electron chi connectivity index (χ0n) is 10.5. The van der Waals surface area contributed by atoms with Gasteiger partial charge in [0.2, 0.25) is 0 Å². The lowest BCUT2D eigenvalue weighted by atomic mass is 10.3. The smallest absolute Gasteiger partial charge is 0.272 e. The van der Waals surface area contributed by atoms with Crippen LogP contribution >= 0.6 is 33.9 Å². The topological polar surface area (TPSA) is 86.5 Å². The van der Waals surface area contributed by atoms with E-state index in [2.05, 4.69) is 0 Å². The van der Waals surface area contributed by atoms with E-state index in [1.807, 2.05) is 0 Å². The summed E-state index contributed by atoms with van der Waals surface area (Å²) < 4.78 is 27.7. The van der Waals surface area contributed by atoms with Gasteiger partial charge in [0.25, 0.3) is 14.7 Å². The molecule has 0 aliphatic rings. The van der Waals surface area contributed by atoms with Crippen molar-refractivity contribution < 1.29 is 18.1 Å². The summed E-state index contributed by atoms with van der Waals surface area (Å²) in [6, 6.07) is 7.38. The van der Waals surface area contributed by atoms with Crippen molar-refractivity contribution in [1.29, 1.82) is 0 Å². The van der Waals surface area contributed by atoms with E-state index < -0.39 is 14.0 Å². The van der Waals surface area contributed by atoms with Gasteiger partial charge in [-0.1, -0.05) is 23.2 Å². The normalized spacial score (nSPS) is 11.2. The Kier molecular flexibility index (Phi) is 4.81. The second kappa shape index (κ2) is 6.29. The standard InChI is InChI=1S/C12H6Cl3NO5S/c13-10-5-7(16(17)18)6-11(14)12(10)21-8-1-3-9(4-2-8)22(15,19)20/h1-6H. The highest BCUT2D eigenvalue weighted by atomic mass is 35.7. The van der Waals surface area contributed by atoms with Gasteiger partial charge in [0.15, 0.2) is 5.75 Å². The summed E-state index contributed by atoms with van der Waals surface area (Å²) in [5.41, 5.74) is -0.272. The van der Waals surface area contributed by atoms with E-state index in [-0.39, 0.29) is 32.1 Å². The van der Waals surface area contributed by atoms with Gasteiger partial charge in [0.1, 0.15) is 5.75 Å². The minimum Gasteiger partial charge on any atom is -0.454 e. The third-order valence-electron chi connectivity index (χ3n) is 2.52. The van der Waals surface area contributed by atoms with E-state index >= 15 is 0 Å². The Balaban J connectivity index is 2.33. The first-order valence-electron chi connectivity index (χ1n) is 5.54. The van der Waals surface area contributed by atoms with Crippen molar-refractivity contribution >= 4 is 48.6 Å². The van der Waals surface area contributed by atoms with Gasteiger partial charge in [-0.25, -0.2) is 8.42 Å². The van der Waals surface area contributed by atoms with E-state index in [1.165, 1.54) is 24.3 Å². The molecule has 0 aromatic heterocycles. The van der Waals surface area contributed by atoms with Gasteiger partial charge in [-0.3, -0.25) is 10.1 Å². The molecule has 0 unspecified atom stereocenters. The number of hydrogen-bond acceptors (Lipinski definition) is 5. The van der Waals surface area contributed by atoms with E-state index in [1.54, 1.807) is 0 Å². The third-order valence-corrected chi connectivity index (χ3v) is 4.45. The van der Waals surface area contributed by atoms with E-state index in [4.69, 9.17) is 38.6 Å². The van der Waals surface area contributed by atoms with Crippen LogP contribution in [0.5, 0.6) is 11.5 Å². The van der Waals surface area contributed by atoms with Crippen LogP contribution in [0.3, 0.4) is 0 Å². The van der Waals surface area contributed by atoms with Crippen LogP contribution in [-0.2, 0) is 9.05 Å². The summed E-state index contributed by atoms with van der Waals surface area (Å²) >= 11 is 11.8. The molecular formula is C12H6Cl3NO5S. The molecule has 0 atom stereocenters. The Morgan fingerprint density at radius 1 is 1.05 bits per heavy atom. The van der Waals surface area contributed by atoms with Gasteiger partial charge in [0, 0.05) is 22.8 Å². The number of rotatable bonds is 4. The number of hydrogen-bond donors (Lipinski definition) is 0. The predicted molar refractivity (Wildman–Crippen MR) is 82.7 cm³/mol. The molecule has 116 valence electrons. The van der Waals surface area contributed by atoms with Crippen LogP contribution in [0.1, 0.15) is 0 Å². The molecule has 2 aromatic rings. The number of nitro benzene ring substituents is 1. The molecule has 6 nitrogen and oxygen atoms in total. The van der Waals surface area contributed by atoms with Gasteiger partial charge >= 0.3 is 0 Å². The molecular weight excluding hydrogens is 377 g/mol. The van der Waals surface area contributed by atoms with Gasteiger partial charge in [-0.15, -0.1) is 0 Å². The lowest BCUT2D eigenvalue weighted by Crippen LogP contribution is -1.93. The SMILES string of the molecule is O=[N+]([O-])c1cc(Cl)c(Oc2ccc(S(=O)(=O)Cl)cc2)c(Cl)c1. The first-order valence-corrected chi connectivity index (χ1v) is 8.61. The Morgan fingerprint density at radius 2 is 1.55 bits per heavy atom. The summed E-state index contributed by atoms with van der Waals surface area (Å²) in [4.78, 5) is 9.95. The van der Waals surface area contributed by atoms with Crippen molar-refractivity contribution in [3.8, 4) is 11.5 Å². The zero-order valence-corrected chi connectivity index (χ0v) is 13.6. The monoisotopic (exact) mass is 381 g/mol. The average molecular weight is 383 g/mol. The van der Waals surface area contributed by atoms with Crippen molar-refractivity contribution in [2.75, 3.05) is 0 Å². The number of ether oxygens (including phenoxy) is 1. The fourth-order valence-corrected chi connectivity index (χ4v) is 2.86. The highest BCUT2D eigenvalue weighted by Crippen LogP contribution is 2.39. The second-order valence-corrected chi connectivity index (χ2v) is 7.39. The molecule has 0 bridgehead atoms. The molecule has 0 saturated heterocycles. The number of nitrogens with zero attached hydrogens (tertiary/aromatic N) is 1. The molecule has 0 radical (unpaired) electrons. The van der Waals surface area contributed by atoms with Gasteiger partial charge in [-0.05, 0) is 24.3 Å². The van der Waals surface area contributed by atoms with E-state index in [9.17, 15) is 18.5 Å². The summed E-state index contributed by atoms with van der Waals surface area (Å²) in [6.45, 7) is 0. The minimum atomic E-state index is -3.83. The number of halogens is 3. The average Bonchev–Trinajstić information content (AvgIpc) is 2.42. The minimum absolute atomic E-state index is 0.0235. The Bertz CT molecular complexity index is 813. The van der Waals surface area contributed by atoms with Crippen molar-refractivity contribution in [2.45, 2.75) is 4.90 Å². The molecule has 10 heteroatoms. The molecule has 0 N–H and O–H groups in total. The van der Waals surface area contributed by atoms with Crippen LogP contribution in [0.25, 0.3) is 0 Å². The third kappa shape index (κ3) is 3.80. The fraction of sp³-hybridized carbons (Fsp3) is 0. The first kappa shape index (κ1) is 16.8. The molecule has 0 amide bonds. The maximum absolute atomic E-state index is 11.1.